The molecule has 0 spiro atoms. The molecular weight excluding hydrogens is 350 g/mol. The summed E-state index contributed by atoms with van der Waals surface area (Å²) in [5, 5.41) is 13.3. The van der Waals surface area contributed by atoms with Crippen LogP contribution in [0.25, 0.3) is 0 Å². The lowest BCUT2D eigenvalue weighted by Crippen LogP contribution is -2.32. The van der Waals surface area contributed by atoms with E-state index in [4.69, 9.17) is 5.11 Å². The molecule has 1 aromatic carbocycles. The first-order valence-electron chi connectivity index (χ1n) is 6.20. The van der Waals surface area contributed by atoms with Gasteiger partial charge in [-0.05, 0) is 34.3 Å². The molecule has 3 N–H and O–H groups in total. The van der Waals surface area contributed by atoms with Crippen molar-refractivity contribution in [1.29, 1.82) is 0 Å². The molecule has 0 saturated carbocycles. The fourth-order valence-corrected chi connectivity index (χ4v) is 1.87. The third-order valence-corrected chi connectivity index (χ3v) is 3.33. The number of carboxylic acids is 1. The third kappa shape index (κ3) is 6.07. The second-order valence-electron chi connectivity index (χ2n) is 4.62. The molecule has 1 unspecified atom stereocenters. The second-order valence-corrected chi connectivity index (χ2v) is 5.47. The molecule has 0 fully saturated rings. The average Bonchev–Trinajstić information content (AvgIpc) is 2.40. The summed E-state index contributed by atoms with van der Waals surface area (Å²) in [6, 6.07) is 1.14. The maximum absolute atomic E-state index is 13.4. The highest BCUT2D eigenvalue weighted by Gasteiger charge is 2.12. The van der Waals surface area contributed by atoms with E-state index >= 15 is 0 Å². The van der Waals surface area contributed by atoms with Crippen LogP contribution in [-0.4, -0.2) is 23.7 Å². The zero-order valence-electron chi connectivity index (χ0n) is 11.3. The predicted molar refractivity (Wildman–Crippen MR) is 77.1 cm³/mol. The summed E-state index contributed by atoms with van der Waals surface area (Å²) in [5.41, 5.74) is -0.154. The number of halogens is 3. The molecule has 2 amide bonds. The third-order valence-electron chi connectivity index (χ3n) is 2.72. The minimum Gasteiger partial charge on any atom is -0.481 e. The molecule has 0 bridgehead atoms. The first-order valence-corrected chi connectivity index (χ1v) is 7.00. The number of carbonyl (C=O) groups is 2. The average molecular weight is 365 g/mol. The minimum absolute atomic E-state index is 0.0179. The number of rotatable bonds is 6. The summed E-state index contributed by atoms with van der Waals surface area (Å²) in [7, 11) is 0. The number of hydrogen-bond acceptors (Lipinski definition) is 2. The smallest absolute Gasteiger partial charge is 0.319 e. The van der Waals surface area contributed by atoms with E-state index in [-0.39, 0.29) is 29.0 Å². The molecule has 0 aromatic heterocycles. The van der Waals surface area contributed by atoms with Crippen molar-refractivity contribution in [2.75, 3.05) is 11.9 Å². The van der Waals surface area contributed by atoms with Gasteiger partial charge in [-0.15, -0.1) is 0 Å². The Morgan fingerprint density at radius 3 is 2.62 bits per heavy atom. The first kappa shape index (κ1) is 17.4. The van der Waals surface area contributed by atoms with Crippen molar-refractivity contribution in [3.05, 3.63) is 28.2 Å². The number of carboxylic acid groups (broad SMARTS) is 1. The monoisotopic (exact) mass is 364 g/mol. The molecule has 0 radical (unpaired) electrons. The van der Waals surface area contributed by atoms with Gasteiger partial charge in [-0.2, -0.15) is 0 Å². The van der Waals surface area contributed by atoms with Gasteiger partial charge in [0.1, 0.15) is 11.6 Å². The van der Waals surface area contributed by atoms with Crippen LogP contribution in [0.1, 0.15) is 19.8 Å². The fraction of sp³-hybridized carbons (Fsp3) is 0.385. The normalized spacial score (nSPS) is 11.8. The van der Waals surface area contributed by atoms with Crippen LogP contribution in [0.5, 0.6) is 0 Å². The molecule has 0 aliphatic heterocycles. The minimum atomic E-state index is -0.899. The van der Waals surface area contributed by atoms with Crippen LogP contribution in [0.4, 0.5) is 19.3 Å². The standard InChI is InChI=1S/C13H15BrF2N2O3/c1-7(2-3-12(19)20)6-17-13(21)18-11-4-8(14)9(15)5-10(11)16/h4-5,7H,2-3,6H2,1H3,(H,19,20)(H2,17,18,21). The van der Waals surface area contributed by atoms with Gasteiger partial charge < -0.3 is 15.7 Å². The van der Waals surface area contributed by atoms with Gasteiger partial charge in [0.2, 0.25) is 0 Å². The van der Waals surface area contributed by atoms with Gasteiger partial charge in [0, 0.05) is 19.0 Å². The number of urea groups is 1. The summed E-state index contributed by atoms with van der Waals surface area (Å²) in [6.45, 7) is 2.04. The van der Waals surface area contributed by atoms with Crippen molar-refractivity contribution in [3.63, 3.8) is 0 Å². The molecule has 1 rings (SSSR count). The van der Waals surface area contributed by atoms with Gasteiger partial charge in [0.15, 0.2) is 0 Å². The van der Waals surface area contributed by atoms with Crippen molar-refractivity contribution in [2.24, 2.45) is 5.92 Å². The summed E-state index contributed by atoms with van der Waals surface area (Å²) in [4.78, 5) is 22.0. The van der Waals surface area contributed by atoms with Crippen LogP contribution in [0.2, 0.25) is 0 Å². The number of aliphatic carboxylic acids is 1. The summed E-state index contributed by atoms with van der Waals surface area (Å²) >= 11 is 2.90. The Bertz CT molecular complexity index is 540. The van der Waals surface area contributed by atoms with E-state index < -0.39 is 23.6 Å². The quantitative estimate of drug-likeness (QED) is 0.677. The maximum Gasteiger partial charge on any atom is 0.319 e. The molecule has 116 valence electrons. The number of nitrogens with one attached hydrogen (secondary N) is 2. The molecule has 0 aliphatic carbocycles. The number of hydrogen-bond donors (Lipinski definition) is 3. The lowest BCUT2D eigenvalue weighted by atomic mass is 10.1. The molecule has 21 heavy (non-hydrogen) atoms. The molecular formula is C13H15BrF2N2O3. The van der Waals surface area contributed by atoms with Crippen molar-refractivity contribution in [3.8, 4) is 0 Å². The van der Waals surface area contributed by atoms with E-state index in [1.807, 2.05) is 0 Å². The fourth-order valence-electron chi connectivity index (χ4n) is 1.52. The van der Waals surface area contributed by atoms with E-state index in [2.05, 4.69) is 26.6 Å². The lowest BCUT2D eigenvalue weighted by molar-refractivity contribution is -0.137. The van der Waals surface area contributed by atoms with Gasteiger partial charge in [0.25, 0.3) is 0 Å². The molecule has 5 nitrogen and oxygen atoms in total. The van der Waals surface area contributed by atoms with Crippen LogP contribution in [0.3, 0.4) is 0 Å². The topological polar surface area (TPSA) is 78.4 Å². The van der Waals surface area contributed by atoms with Crippen LogP contribution in [-0.2, 0) is 4.79 Å². The van der Waals surface area contributed by atoms with E-state index in [0.717, 1.165) is 6.07 Å². The Labute approximate surface area is 128 Å². The Hall–Kier alpha value is -1.70. The highest BCUT2D eigenvalue weighted by atomic mass is 79.9. The van der Waals surface area contributed by atoms with Crippen LogP contribution < -0.4 is 10.6 Å². The van der Waals surface area contributed by atoms with E-state index in [1.54, 1.807) is 6.92 Å². The largest absolute Gasteiger partial charge is 0.481 e. The summed E-state index contributed by atoms with van der Waals surface area (Å²) < 4.78 is 26.5. The molecule has 0 heterocycles. The van der Waals surface area contributed by atoms with Gasteiger partial charge in [-0.1, -0.05) is 6.92 Å². The summed E-state index contributed by atoms with van der Waals surface area (Å²) in [6.07, 6.45) is 0.441. The van der Waals surface area contributed by atoms with Gasteiger partial charge in [-0.3, -0.25) is 4.79 Å². The Balaban J connectivity index is 2.47. The molecule has 1 aromatic rings. The zero-order chi connectivity index (χ0) is 16.0. The van der Waals surface area contributed by atoms with Crippen LogP contribution >= 0.6 is 15.9 Å². The predicted octanol–water partition coefficient (Wildman–Crippen LogP) is 3.35. The van der Waals surface area contributed by atoms with E-state index in [0.29, 0.717) is 12.5 Å². The molecule has 8 heteroatoms. The highest BCUT2D eigenvalue weighted by Crippen LogP contribution is 2.23. The Morgan fingerprint density at radius 2 is 2.00 bits per heavy atom. The number of benzene rings is 1. The van der Waals surface area contributed by atoms with Crippen LogP contribution in [0.15, 0.2) is 16.6 Å². The highest BCUT2D eigenvalue weighted by molar-refractivity contribution is 9.10. The van der Waals surface area contributed by atoms with E-state index in [1.165, 1.54) is 0 Å². The Morgan fingerprint density at radius 1 is 1.33 bits per heavy atom. The molecule has 0 saturated heterocycles. The number of carbonyl (C=O) groups excluding carboxylic acids is 1. The molecule has 1 atom stereocenters. The SMILES string of the molecule is CC(CCC(=O)O)CNC(=O)Nc1cc(Br)c(F)cc1F. The van der Waals surface area contributed by atoms with Crippen molar-refractivity contribution in [2.45, 2.75) is 19.8 Å². The Kier molecular flexibility index (Phi) is 6.54. The maximum atomic E-state index is 13.4. The number of anilines is 1. The van der Waals surface area contributed by atoms with E-state index in [9.17, 15) is 18.4 Å². The van der Waals surface area contributed by atoms with Crippen molar-refractivity contribution >= 4 is 33.6 Å². The molecule has 0 aliphatic rings. The van der Waals surface area contributed by atoms with Crippen molar-refractivity contribution < 1.29 is 23.5 Å². The second kappa shape index (κ2) is 7.92. The summed E-state index contributed by atoms with van der Waals surface area (Å²) in [5.74, 6) is -2.58. The first-order chi connectivity index (χ1) is 9.79. The van der Waals surface area contributed by atoms with Crippen LogP contribution in [0, 0.1) is 17.6 Å². The van der Waals surface area contributed by atoms with Gasteiger partial charge >= 0.3 is 12.0 Å². The van der Waals surface area contributed by atoms with Crippen molar-refractivity contribution in [1.82, 2.24) is 5.32 Å². The number of amides is 2. The lowest BCUT2D eigenvalue weighted by Gasteiger charge is -2.13. The zero-order valence-corrected chi connectivity index (χ0v) is 12.8. The van der Waals surface area contributed by atoms with Gasteiger partial charge in [0.05, 0.1) is 10.2 Å². The van der Waals surface area contributed by atoms with Gasteiger partial charge in [-0.25, -0.2) is 13.6 Å².